The molecule has 0 radical (unpaired) electrons. The van der Waals surface area contributed by atoms with E-state index < -0.39 is 7.71 Å². The van der Waals surface area contributed by atoms with Crippen LogP contribution in [0.3, 0.4) is 0 Å². The van der Waals surface area contributed by atoms with Crippen LogP contribution in [-0.2, 0) is 0 Å². The summed E-state index contributed by atoms with van der Waals surface area (Å²) in [5.41, 5.74) is 0. The van der Waals surface area contributed by atoms with Crippen molar-refractivity contribution in [3.05, 3.63) is 0 Å². The average molecular weight is 318 g/mol. The lowest BCUT2D eigenvalue weighted by Gasteiger charge is -2.34. The van der Waals surface area contributed by atoms with Gasteiger partial charge in [-0.2, -0.15) is 0 Å². The molecule has 0 aromatic rings. The average Bonchev–Trinajstić information content (AvgIpc) is 2.01. The number of amidine groups is 1. The van der Waals surface area contributed by atoms with Crippen molar-refractivity contribution in [2.45, 2.75) is 7.71 Å². The Morgan fingerprint density at radius 3 is 2.07 bits per heavy atom. The fourth-order valence-corrected chi connectivity index (χ4v) is 1.63. The van der Waals surface area contributed by atoms with Gasteiger partial charge >= 0.3 is 0 Å². The molecule has 1 aliphatic rings. The summed E-state index contributed by atoms with van der Waals surface area (Å²) < 4.78 is -3.50. The van der Waals surface area contributed by atoms with Gasteiger partial charge < -0.3 is 0 Å². The molecule has 14 heavy (non-hydrogen) atoms. The standard InChI is InChI=1S/C5H3Cl6N3/c6-4(7,8)3-13-1-12-2-14(3)5(9,10)11/h1H,2H2. The molecule has 0 aromatic carbocycles. The zero-order chi connectivity index (χ0) is 11.0. The Hall–Kier alpha value is 0.880. The highest BCUT2D eigenvalue weighted by Crippen LogP contribution is 2.38. The van der Waals surface area contributed by atoms with Crippen LogP contribution in [-0.4, -0.2) is 31.5 Å². The topological polar surface area (TPSA) is 28.0 Å². The van der Waals surface area contributed by atoms with E-state index in [-0.39, 0.29) is 12.5 Å². The lowest BCUT2D eigenvalue weighted by molar-refractivity contribution is 0.431. The molecular formula is C5H3Cl6N3. The van der Waals surface area contributed by atoms with E-state index in [1.165, 1.54) is 6.34 Å². The molecule has 0 aromatic heterocycles. The number of rotatable bonds is 0. The van der Waals surface area contributed by atoms with Crippen molar-refractivity contribution in [2.24, 2.45) is 9.98 Å². The summed E-state index contributed by atoms with van der Waals surface area (Å²) in [4.78, 5) is 8.68. The van der Waals surface area contributed by atoms with Crippen LogP contribution in [0, 0.1) is 0 Å². The number of halogens is 6. The molecule has 0 saturated heterocycles. The Morgan fingerprint density at radius 1 is 1.14 bits per heavy atom. The van der Waals surface area contributed by atoms with E-state index >= 15 is 0 Å². The van der Waals surface area contributed by atoms with Crippen molar-refractivity contribution in [1.82, 2.24) is 4.90 Å². The second-order valence-corrected chi connectivity index (χ2v) is 6.79. The van der Waals surface area contributed by atoms with Gasteiger partial charge in [-0.25, -0.2) is 4.99 Å². The van der Waals surface area contributed by atoms with Crippen LogP contribution in [0.25, 0.3) is 0 Å². The van der Waals surface area contributed by atoms with Gasteiger partial charge in [0.25, 0.3) is 3.92 Å². The number of alkyl halides is 6. The second-order valence-electron chi connectivity index (χ2n) is 2.29. The first-order valence-electron chi connectivity index (χ1n) is 3.20. The van der Waals surface area contributed by atoms with E-state index in [1.807, 2.05) is 0 Å². The van der Waals surface area contributed by atoms with Crippen LogP contribution in [0.4, 0.5) is 0 Å². The molecule has 9 heteroatoms. The van der Waals surface area contributed by atoms with E-state index in [9.17, 15) is 0 Å². The maximum absolute atomic E-state index is 5.64. The summed E-state index contributed by atoms with van der Waals surface area (Å²) in [5, 5.41) is 0. The molecule has 3 nitrogen and oxygen atoms in total. The molecule has 1 aliphatic heterocycles. The lowest BCUT2D eigenvalue weighted by Crippen LogP contribution is -2.48. The van der Waals surface area contributed by atoms with Gasteiger partial charge in [0.2, 0.25) is 3.79 Å². The Morgan fingerprint density at radius 2 is 1.71 bits per heavy atom. The quantitative estimate of drug-likeness (QED) is 0.497. The first-order chi connectivity index (χ1) is 6.23. The second kappa shape index (κ2) is 4.40. The van der Waals surface area contributed by atoms with Crippen LogP contribution in [0.1, 0.15) is 0 Å². The molecule has 1 heterocycles. The van der Waals surface area contributed by atoms with Crippen molar-refractivity contribution in [1.29, 1.82) is 0 Å². The molecule has 0 aliphatic carbocycles. The van der Waals surface area contributed by atoms with Crippen LogP contribution in [0.15, 0.2) is 9.98 Å². The molecule has 0 N–H and O–H groups in total. The zero-order valence-corrected chi connectivity index (χ0v) is 10.9. The van der Waals surface area contributed by atoms with Gasteiger partial charge in [-0.3, -0.25) is 9.89 Å². The minimum Gasteiger partial charge on any atom is -0.292 e. The maximum Gasteiger partial charge on any atom is 0.270 e. The Kier molecular flexibility index (Phi) is 4.07. The number of hydrogen-bond donors (Lipinski definition) is 0. The highest BCUT2D eigenvalue weighted by atomic mass is 35.6. The van der Waals surface area contributed by atoms with Crippen molar-refractivity contribution < 1.29 is 0 Å². The minimum atomic E-state index is -1.75. The fourth-order valence-electron chi connectivity index (χ4n) is 0.777. The fraction of sp³-hybridized carbons (Fsp3) is 0.600. The molecule has 0 unspecified atom stereocenters. The molecule has 0 amide bonds. The zero-order valence-electron chi connectivity index (χ0n) is 6.39. The van der Waals surface area contributed by atoms with Crippen molar-refractivity contribution in [3.8, 4) is 0 Å². The van der Waals surface area contributed by atoms with Gasteiger partial charge in [-0.15, -0.1) is 0 Å². The Balaban J connectivity index is 3.00. The molecule has 0 saturated carbocycles. The molecule has 0 atom stereocenters. The van der Waals surface area contributed by atoms with Crippen LogP contribution in [0.2, 0.25) is 0 Å². The van der Waals surface area contributed by atoms with Crippen LogP contribution >= 0.6 is 69.6 Å². The summed E-state index contributed by atoms with van der Waals surface area (Å²) in [7, 11) is 0. The normalized spacial score (nSPS) is 18.4. The molecular weight excluding hydrogens is 315 g/mol. The third-order valence-corrected chi connectivity index (χ3v) is 2.42. The van der Waals surface area contributed by atoms with Gasteiger partial charge in [-0.1, -0.05) is 69.6 Å². The highest BCUT2D eigenvalue weighted by molar-refractivity contribution is 6.77. The largest absolute Gasteiger partial charge is 0.292 e. The predicted octanol–water partition coefficient (Wildman–Crippen LogP) is 3.38. The molecule has 0 fully saturated rings. The molecule has 1 rings (SSSR count). The smallest absolute Gasteiger partial charge is 0.270 e. The van der Waals surface area contributed by atoms with Crippen LogP contribution in [0.5, 0.6) is 0 Å². The monoisotopic (exact) mass is 315 g/mol. The van der Waals surface area contributed by atoms with E-state index in [0.29, 0.717) is 0 Å². The SMILES string of the molecule is ClC(Cl)(Cl)C1=NC=NCN1C(Cl)(Cl)Cl. The van der Waals surface area contributed by atoms with Crippen molar-refractivity contribution in [3.63, 3.8) is 0 Å². The first kappa shape index (κ1) is 12.9. The number of nitrogens with zero attached hydrogens (tertiary/aromatic N) is 3. The van der Waals surface area contributed by atoms with Gasteiger partial charge in [-0.05, 0) is 0 Å². The molecule has 80 valence electrons. The number of aliphatic imine (C=N–C) groups is 2. The summed E-state index contributed by atoms with van der Waals surface area (Å²) in [6.45, 7) is 0.0727. The Labute approximate surface area is 111 Å². The summed E-state index contributed by atoms with van der Waals surface area (Å²) in [6, 6.07) is 0. The minimum absolute atomic E-state index is 0.0255. The lowest BCUT2D eigenvalue weighted by atomic mass is 10.5. The van der Waals surface area contributed by atoms with E-state index in [1.54, 1.807) is 0 Å². The molecule has 0 spiro atoms. The van der Waals surface area contributed by atoms with Crippen molar-refractivity contribution in [2.75, 3.05) is 6.67 Å². The third-order valence-electron chi connectivity index (χ3n) is 1.30. The predicted molar refractivity (Wildman–Crippen MR) is 63.2 cm³/mol. The van der Waals surface area contributed by atoms with E-state index in [4.69, 9.17) is 69.6 Å². The van der Waals surface area contributed by atoms with Crippen molar-refractivity contribution >= 4 is 81.8 Å². The van der Waals surface area contributed by atoms with E-state index in [0.717, 1.165) is 4.90 Å². The number of hydrogen-bond acceptors (Lipinski definition) is 3. The van der Waals surface area contributed by atoms with Gasteiger partial charge in [0.1, 0.15) is 13.0 Å². The first-order valence-corrected chi connectivity index (χ1v) is 5.47. The molecule has 0 bridgehead atoms. The summed E-state index contributed by atoms with van der Waals surface area (Å²) >= 11 is 33.8. The van der Waals surface area contributed by atoms with Gasteiger partial charge in [0.05, 0.1) is 0 Å². The third kappa shape index (κ3) is 3.19. The van der Waals surface area contributed by atoms with Gasteiger partial charge in [0, 0.05) is 0 Å². The Bertz CT molecular complexity index is 274. The summed E-state index contributed by atoms with van der Waals surface area (Å²) in [6.07, 6.45) is 1.24. The highest BCUT2D eigenvalue weighted by Gasteiger charge is 2.42. The van der Waals surface area contributed by atoms with Gasteiger partial charge in [0.15, 0.2) is 5.84 Å². The maximum atomic E-state index is 5.64. The van der Waals surface area contributed by atoms with E-state index in [2.05, 4.69) is 9.98 Å². The summed E-state index contributed by atoms with van der Waals surface area (Å²) in [5.74, 6) is 0.0255. The van der Waals surface area contributed by atoms with Crippen LogP contribution < -0.4 is 0 Å².